The van der Waals surface area contributed by atoms with E-state index in [1.54, 1.807) is 6.07 Å². The molecule has 0 bridgehead atoms. The van der Waals surface area contributed by atoms with Crippen LogP contribution in [0.2, 0.25) is 5.02 Å². The first-order chi connectivity index (χ1) is 9.75. The fourth-order valence-electron chi connectivity index (χ4n) is 2.41. The molecule has 0 unspecified atom stereocenters. The molecule has 2 aromatic carbocycles. The van der Waals surface area contributed by atoms with Gasteiger partial charge in [0.05, 0.1) is 20.8 Å². The number of aromatic nitrogens is 1. The zero-order chi connectivity index (χ0) is 13.7. The summed E-state index contributed by atoms with van der Waals surface area (Å²) in [5.41, 5.74) is 1.60. The van der Waals surface area contributed by atoms with E-state index >= 15 is 0 Å². The van der Waals surface area contributed by atoms with Gasteiger partial charge in [-0.05, 0) is 12.1 Å². The molecule has 0 saturated heterocycles. The monoisotopic (exact) mass is 297 g/mol. The Hall–Kier alpha value is -1.97. The van der Waals surface area contributed by atoms with Crippen LogP contribution in [0, 0.1) is 0 Å². The van der Waals surface area contributed by atoms with Gasteiger partial charge in [0.1, 0.15) is 5.02 Å². The maximum absolute atomic E-state index is 12.3. The molecule has 1 aliphatic heterocycles. The molecule has 96 valence electrons. The molecule has 2 aliphatic rings. The topological polar surface area (TPSA) is 30.0 Å². The van der Waals surface area contributed by atoms with Crippen LogP contribution in [0.4, 0.5) is 0 Å². The molecule has 0 saturated carbocycles. The molecule has 2 aromatic rings. The number of fused-ring (bicyclic) bond motifs is 4. The molecule has 0 spiro atoms. The second-order valence-corrected chi connectivity index (χ2v) is 5.98. The van der Waals surface area contributed by atoms with E-state index in [2.05, 4.69) is 0 Å². The predicted octanol–water partition coefficient (Wildman–Crippen LogP) is 4.57. The summed E-state index contributed by atoms with van der Waals surface area (Å²) < 4.78 is 1.02. The predicted molar refractivity (Wildman–Crippen MR) is 85.0 cm³/mol. The zero-order valence-corrected chi connectivity index (χ0v) is 11.8. The Balaban J connectivity index is 2.34. The number of hydrogen-bond donors (Lipinski definition) is 0. The maximum Gasteiger partial charge on any atom is 0.206 e. The Morgan fingerprint density at radius 2 is 1.65 bits per heavy atom. The van der Waals surface area contributed by atoms with Crippen LogP contribution in [0.3, 0.4) is 0 Å². The van der Waals surface area contributed by atoms with Gasteiger partial charge in [0.2, 0.25) is 5.43 Å². The van der Waals surface area contributed by atoms with Gasteiger partial charge in [-0.3, -0.25) is 4.79 Å². The van der Waals surface area contributed by atoms with Crippen LogP contribution in [0.5, 0.6) is 0 Å². The van der Waals surface area contributed by atoms with Crippen molar-refractivity contribution in [1.82, 2.24) is 4.98 Å². The Morgan fingerprint density at radius 1 is 0.950 bits per heavy atom. The smallest absolute Gasteiger partial charge is 0.206 e. The van der Waals surface area contributed by atoms with Gasteiger partial charge in [0, 0.05) is 10.8 Å². The van der Waals surface area contributed by atoms with E-state index in [1.165, 1.54) is 11.3 Å². The highest BCUT2D eigenvalue weighted by molar-refractivity contribution is 7.22. The van der Waals surface area contributed by atoms with Crippen molar-refractivity contribution in [3.8, 4) is 10.6 Å². The van der Waals surface area contributed by atoms with Crippen LogP contribution >= 0.6 is 22.9 Å². The lowest BCUT2D eigenvalue weighted by atomic mass is 10.1. The maximum atomic E-state index is 12.3. The van der Waals surface area contributed by atoms with Crippen molar-refractivity contribution >= 4 is 43.9 Å². The summed E-state index contributed by atoms with van der Waals surface area (Å²) >= 11 is 7.78. The third kappa shape index (κ3) is 1.57. The zero-order valence-electron chi connectivity index (χ0n) is 10.3. The summed E-state index contributed by atoms with van der Waals surface area (Å²) in [6, 6.07) is 15.3. The molecule has 0 aromatic heterocycles. The molecule has 0 amide bonds. The first-order valence-corrected chi connectivity index (χ1v) is 7.35. The first-order valence-electron chi connectivity index (χ1n) is 6.15. The van der Waals surface area contributed by atoms with E-state index in [1.807, 2.05) is 42.5 Å². The number of nitrogens with zero attached hydrogens (tertiary/aromatic N) is 1. The minimum absolute atomic E-state index is 0.122. The lowest BCUT2D eigenvalue weighted by molar-refractivity contribution is 1.44. The molecule has 0 atom stereocenters. The van der Waals surface area contributed by atoms with E-state index in [-0.39, 0.29) is 10.5 Å². The van der Waals surface area contributed by atoms with Crippen LogP contribution in [0.1, 0.15) is 0 Å². The highest BCUT2D eigenvalue weighted by Crippen LogP contribution is 2.38. The second kappa shape index (κ2) is 4.27. The van der Waals surface area contributed by atoms with Gasteiger partial charge in [-0.25, -0.2) is 4.98 Å². The normalized spacial score (nSPS) is 11.4. The summed E-state index contributed by atoms with van der Waals surface area (Å²) in [6.45, 7) is 0. The van der Waals surface area contributed by atoms with Gasteiger partial charge in [-0.2, -0.15) is 0 Å². The van der Waals surface area contributed by atoms with Crippen LogP contribution < -0.4 is 5.43 Å². The number of halogens is 1. The summed E-state index contributed by atoms with van der Waals surface area (Å²) in [4.78, 5) is 17.8. The quantitative estimate of drug-likeness (QED) is 0.351. The van der Waals surface area contributed by atoms with Gasteiger partial charge in [0.25, 0.3) is 0 Å². The number of benzene rings is 3. The third-order valence-electron chi connectivity index (χ3n) is 3.35. The highest BCUT2D eigenvalue weighted by atomic mass is 35.5. The fourth-order valence-corrected chi connectivity index (χ4v) is 3.73. The van der Waals surface area contributed by atoms with Crippen LogP contribution in [-0.4, -0.2) is 4.98 Å². The molecule has 2 nitrogen and oxygen atoms in total. The molecule has 0 radical (unpaired) electrons. The molecular formula is C16H8ClNOS. The van der Waals surface area contributed by atoms with Crippen molar-refractivity contribution in [1.29, 1.82) is 0 Å². The standard InChI is InChI=1S/C16H8ClNOS/c17-13-15(19)10-6-2-1-5-9(10)14-16(13)20-12-8-4-3-7-11(12)18-14/h1-8H. The van der Waals surface area contributed by atoms with Crippen molar-refractivity contribution in [2.45, 2.75) is 0 Å². The highest BCUT2D eigenvalue weighted by Gasteiger charge is 2.18. The van der Waals surface area contributed by atoms with E-state index < -0.39 is 0 Å². The van der Waals surface area contributed by atoms with E-state index in [9.17, 15) is 4.79 Å². The second-order valence-electron chi connectivity index (χ2n) is 4.55. The average Bonchev–Trinajstić information content (AvgIpc) is 2.51. The van der Waals surface area contributed by atoms with E-state index in [4.69, 9.17) is 16.6 Å². The number of hydrogen-bond acceptors (Lipinski definition) is 3. The summed E-state index contributed by atoms with van der Waals surface area (Å²) in [7, 11) is 0. The molecule has 0 N–H and O–H groups in total. The minimum atomic E-state index is -0.122. The van der Waals surface area contributed by atoms with Crippen molar-refractivity contribution in [2.75, 3.05) is 0 Å². The summed E-state index contributed by atoms with van der Waals surface area (Å²) in [5.74, 6) is 0. The average molecular weight is 298 g/mol. The van der Waals surface area contributed by atoms with Crippen LogP contribution in [0.15, 0.2) is 53.3 Å². The first kappa shape index (κ1) is 11.8. The van der Waals surface area contributed by atoms with Crippen molar-refractivity contribution in [2.24, 2.45) is 0 Å². The van der Waals surface area contributed by atoms with Gasteiger partial charge in [0.15, 0.2) is 0 Å². The SMILES string of the molecule is O=c1c(Cl)c2sc3ccccc3nc-2c2ccccc12. The van der Waals surface area contributed by atoms with Crippen LogP contribution in [0.25, 0.3) is 31.6 Å². The Bertz CT molecular complexity index is 992. The molecule has 20 heavy (non-hydrogen) atoms. The summed E-state index contributed by atoms with van der Waals surface area (Å²) in [6.07, 6.45) is 0. The largest absolute Gasteiger partial charge is 0.288 e. The van der Waals surface area contributed by atoms with Gasteiger partial charge < -0.3 is 0 Å². The lowest BCUT2D eigenvalue weighted by Crippen LogP contribution is -2.05. The van der Waals surface area contributed by atoms with E-state index in [0.29, 0.717) is 5.39 Å². The molecular weight excluding hydrogens is 290 g/mol. The number of rotatable bonds is 0. The van der Waals surface area contributed by atoms with E-state index in [0.717, 1.165) is 26.2 Å². The summed E-state index contributed by atoms with van der Waals surface area (Å²) in [5, 5.41) is 1.75. The Labute approximate surface area is 123 Å². The van der Waals surface area contributed by atoms with Crippen molar-refractivity contribution in [3.63, 3.8) is 0 Å². The number of para-hydroxylation sites is 1. The fraction of sp³-hybridized carbons (Fsp3) is 0. The molecule has 0 fully saturated rings. The van der Waals surface area contributed by atoms with Crippen molar-refractivity contribution in [3.05, 3.63) is 63.8 Å². The van der Waals surface area contributed by atoms with Gasteiger partial charge in [-0.15, -0.1) is 11.3 Å². The molecule has 1 heterocycles. The van der Waals surface area contributed by atoms with Crippen molar-refractivity contribution < 1.29 is 0 Å². The van der Waals surface area contributed by atoms with Crippen LogP contribution in [-0.2, 0) is 0 Å². The third-order valence-corrected chi connectivity index (χ3v) is 4.99. The molecule has 4 heteroatoms. The van der Waals surface area contributed by atoms with Gasteiger partial charge in [-0.1, -0.05) is 48.0 Å². The minimum Gasteiger partial charge on any atom is -0.288 e. The Morgan fingerprint density at radius 3 is 2.50 bits per heavy atom. The Kier molecular flexibility index (Phi) is 2.52. The van der Waals surface area contributed by atoms with Gasteiger partial charge >= 0.3 is 0 Å². The lowest BCUT2D eigenvalue weighted by Gasteiger charge is -2.10. The molecule has 1 aliphatic carbocycles. The molecule has 4 rings (SSSR count).